The van der Waals surface area contributed by atoms with E-state index in [1.165, 1.54) is 0 Å². The number of hydrogen-bond donors (Lipinski definition) is 0. The molecule has 1 aromatic carbocycles. The number of hydrogen-bond acceptors (Lipinski definition) is 4. The molecule has 1 aromatic rings. The van der Waals surface area contributed by atoms with Crippen LogP contribution in [0.5, 0.6) is 5.75 Å². The molecular formula is C20H26N2O3. The fourth-order valence-corrected chi connectivity index (χ4v) is 4.01. The maximum absolute atomic E-state index is 13.0. The maximum atomic E-state index is 13.0. The fraction of sp³-hybridized carbons (Fsp3) is 0.500. The van der Waals surface area contributed by atoms with E-state index >= 15 is 0 Å². The zero-order chi connectivity index (χ0) is 18.4. The lowest BCUT2D eigenvalue weighted by atomic mass is 9.69. The summed E-state index contributed by atoms with van der Waals surface area (Å²) in [5.74, 6) is 0.726. The Labute approximate surface area is 149 Å². The van der Waals surface area contributed by atoms with Crippen LogP contribution >= 0.6 is 0 Å². The summed E-state index contributed by atoms with van der Waals surface area (Å²) in [7, 11) is 5.32. The molecule has 0 spiro atoms. The second kappa shape index (κ2) is 6.30. The highest BCUT2D eigenvalue weighted by Gasteiger charge is 2.44. The molecule has 0 fully saturated rings. The summed E-state index contributed by atoms with van der Waals surface area (Å²) < 4.78 is 5.32. The molecule has 1 amide bonds. The average Bonchev–Trinajstić information content (AvgIpc) is 2.52. The second-order valence-electron chi connectivity index (χ2n) is 7.89. The quantitative estimate of drug-likeness (QED) is 0.847. The van der Waals surface area contributed by atoms with Gasteiger partial charge in [0.2, 0.25) is 5.91 Å². The van der Waals surface area contributed by atoms with Crippen LogP contribution in [0.1, 0.15) is 44.6 Å². The molecule has 1 atom stereocenters. The highest BCUT2D eigenvalue weighted by molar-refractivity contribution is 6.02. The Morgan fingerprint density at radius 1 is 1.20 bits per heavy atom. The first-order valence-corrected chi connectivity index (χ1v) is 8.64. The predicted molar refractivity (Wildman–Crippen MR) is 95.9 cm³/mol. The number of ketones is 1. The molecule has 0 aromatic heterocycles. The lowest BCUT2D eigenvalue weighted by Crippen LogP contribution is -2.49. The maximum Gasteiger partial charge on any atom is 0.242 e. The summed E-state index contributed by atoms with van der Waals surface area (Å²) in [5, 5.41) is 3.47. The number of Topliss-reactive ketones (excluding diaryl/α,β-unsaturated/α-hetero) is 1. The van der Waals surface area contributed by atoms with Crippen LogP contribution in [0.15, 0.2) is 35.5 Å². The van der Waals surface area contributed by atoms with Crippen LogP contribution in [-0.2, 0) is 9.59 Å². The van der Waals surface area contributed by atoms with Gasteiger partial charge < -0.3 is 4.74 Å². The molecule has 2 aliphatic rings. The fourth-order valence-electron chi connectivity index (χ4n) is 4.01. The highest BCUT2D eigenvalue weighted by Crippen LogP contribution is 2.47. The van der Waals surface area contributed by atoms with E-state index < -0.39 is 0 Å². The number of carbonyl (C=O) groups is 2. The number of allylic oxidation sites excluding steroid dienone is 2. The van der Waals surface area contributed by atoms with Crippen molar-refractivity contribution in [3.05, 3.63) is 41.1 Å². The molecule has 0 N–H and O–H groups in total. The van der Waals surface area contributed by atoms with Gasteiger partial charge in [-0.25, -0.2) is 10.0 Å². The number of rotatable bonds is 3. The molecule has 0 bridgehead atoms. The third kappa shape index (κ3) is 3.21. The van der Waals surface area contributed by atoms with Crippen molar-refractivity contribution in [3.63, 3.8) is 0 Å². The largest absolute Gasteiger partial charge is 0.497 e. The van der Waals surface area contributed by atoms with Gasteiger partial charge in [0.1, 0.15) is 5.75 Å². The molecule has 0 unspecified atom stereocenters. The van der Waals surface area contributed by atoms with Gasteiger partial charge in [-0.2, -0.15) is 0 Å². The topological polar surface area (TPSA) is 49.9 Å². The molecule has 1 heterocycles. The van der Waals surface area contributed by atoms with Gasteiger partial charge in [-0.15, -0.1) is 0 Å². The molecule has 25 heavy (non-hydrogen) atoms. The van der Waals surface area contributed by atoms with Crippen molar-refractivity contribution in [1.29, 1.82) is 0 Å². The molecule has 0 saturated carbocycles. The first kappa shape index (κ1) is 17.7. The van der Waals surface area contributed by atoms with Crippen molar-refractivity contribution in [3.8, 4) is 5.75 Å². The normalized spacial score (nSPS) is 23.1. The van der Waals surface area contributed by atoms with E-state index in [9.17, 15) is 9.59 Å². The van der Waals surface area contributed by atoms with Crippen molar-refractivity contribution in [2.24, 2.45) is 5.41 Å². The van der Waals surface area contributed by atoms with Crippen LogP contribution in [0.3, 0.4) is 0 Å². The zero-order valence-electron chi connectivity index (χ0n) is 15.6. The highest BCUT2D eigenvalue weighted by atomic mass is 16.5. The summed E-state index contributed by atoms with van der Waals surface area (Å²) in [4.78, 5) is 25.9. The summed E-state index contributed by atoms with van der Waals surface area (Å²) in [6.45, 7) is 4.17. The van der Waals surface area contributed by atoms with Crippen molar-refractivity contribution >= 4 is 11.7 Å². The monoisotopic (exact) mass is 342 g/mol. The van der Waals surface area contributed by atoms with E-state index in [2.05, 4.69) is 13.8 Å². The van der Waals surface area contributed by atoms with E-state index in [4.69, 9.17) is 4.74 Å². The first-order chi connectivity index (χ1) is 11.7. The van der Waals surface area contributed by atoms with Crippen LogP contribution < -0.4 is 4.74 Å². The van der Waals surface area contributed by atoms with Crippen molar-refractivity contribution in [2.45, 2.75) is 39.0 Å². The summed E-state index contributed by atoms with van der Waals surface area (Å²) in [6, 6.07) is 7.69. The van der Waals surface area contributed by atoms with Gasteiger partial charge in [-0.3, -0.25) is 9.59 Å². The van der Waals surface area contributed by atoms with Crippen molar-refractivity contribution < 1.29 is 14.3 Å². The number of hydrazine groups is 1. The number of benzene rings is 1. The minimum Gasteiger partial charge on any atom is -0.497 e. The van der Waals surface area contributed by atoms with Gasteiger partial charge in [-0.1, -0.05) is 26.0 Å². The summed E-state index contributed by atoms with van der Waals surface area (Å²) >= 11 is 0. The van der Waals surface area contributed by atoms with E-state index in [0.29, 0.717) is 12.8 Å². The Hall–Kier alpha value is -2.14. The van der Waals surface area contributed by atoms with E-state index in [1.807, 2.05) is 38.4 Å². The zero-order valence-corrected chi connectivity index (χ0v) is 15.6. The van der Waals surface area contributed by atoms with Gasteiger partial charge in [0.15, 0.2) is 5.78 Å². The molecule has 0 radical (unpaired) electrons. The molecule has 5 nitrogen and oxygen atoms in total. The van der Waals surface area contributed by atoms with Gasteiger partial charge in [0.25, 0.3) is 0 Å². The minimum absolute atomic E-state index is 0.0297. The van der Waals surface area contributed by atoms with Gasteiger partial charge in [-0.05, 0) is 29.5 Å². The number of nitrogens with zero attached hydrogens (tertiary/aromatic N) is 2. The lowest BCUT2D eigenvalue weighted by Gasteiger charge is -2.44. The van der Waals surface area contributed by atoms with Crippen molar-refractivity contribution in [2.75, 3.05) is 21.2 Å². The standard InChI is InChI=1S/C20H26N2O3/c1-20(2)11-16-19(17(23)12-20)15(10-18(24)22(16)21(3)4)13-7-6-8-14(9-13)25-5/h6-9,15H,10-12H2,1-5H3/t15-/m1/s1. The molecule has 1 aliphatic heterocycles. The Morgan fingerprint density at radius 3 is 2.56 bits per heavy atom. The minimum atomic E-state index is -0.197. The SMILES string of the molecule is COc1cccc([C@H]2CC(=O)N(N(C)C)C3=C2C(=O)CC(C)(C)C3)c1. The van der Waals surface area contributed by atoms with Crippen LogP contribution in [-0.4, -0.2) is 42.9 Å². The molecule has 134 valence electrons. The van der Waals surface area contributed by atoms with Crippen LogP contribution in [0.4, 0.5) is 0 Å². The Morgan fingerprint density at radius 2 is 1.92 bits per heavy atom. The second-order valence-corrected chi connectivity index (χ2v) is 7.89. The molecule has 0 saturated heterocycles. The van der Waals surface area contributed by atoms with E-state index in [0.717, 1.165) is 29.0 Å². The molecule has 1 aliphatic carbocycles. The van der Waals surface area contributed by atoms with Crippen LogP contribution in [0.25, 0.3) is 0 Å². The lowest BCUT2D eigenvalue weighted by molar-refractivity contribution is -0.143. The van der Waals surface area contributed by atoms with Gasteiger partial charge in [0, 0.05) is 44.1 Å². The Balaban J connectivity index is 2.15. The van der Waals surface area contributed by atoms with E-state index in [1.54, 1.807) is 17.1 Å². The average molecular weight is 342 g/mol. The van der Waals surface area contributed by atoms with Gasteiger partial charge >= 0.3 is 0 Å². The number of amides is 1. The smallest absolute Gasteiger partial charge is 0.242 e. The van der Waals surface area contributed by atoms with Crippen LogP contribution in [0, 0.1) is 5.41 Å². The number of methoxy groups -OCH3 is 1. The third-order valence-electron chi connectivity index (χ3n) is 5.01. The Bertz CT molecular complexity index is 749. The van der Waals surface area contributed by atoms with E-state index in [-0.39, 0.29) is 23.0 Å². The molecular weight excluding hydrogens is 316 g/mol. The molecule has 3 rings (SSSR count). The summed E-state index contributed by atoms with van der Waals surface area (Å²) in [6.07, 6.45) is 1.54. The van der Waals surface area contributed by atoms with Crippen molar-refractivity contribution in [1.82, 2.24) is 10.0 Å². The van der Waals surface area contributed by atoms with Crippen LogP contribution in [0.2, 0.25) is 0 Å². The third-order valence-corrected chi connectivity index (χ3v) is 5.01. The molecule has 5 heteroatoms. The summed E-state index contributed by atoms with van der Waals surface area (Å²) in [5.41, 5.74) is 2.48. The predicted octanol–water partition coefficient (Wildman–Crippen LogP) is 3.13. The number of carbonyl (C=O) groups excluding carboxylic acids is 2. The first-order valence-electron chi connectivity index (χ1n) is 8.64. The Kier molecular flexibility index (Phi) is 4.45. The van der Waals surface area contributed by atoms with Gasteiger partial charge in [0.05, 0.1) is 7.11 Å². The number of ether oxygens (including phenoxy) is 1.